The molecule has 1 fully saturated rings. The minimum Gasteiger partial charge on any atom is -0.396 e. The first-order chi connectivity index (χ1) is 11.1. The van der Waals surface area contributed by atoms with Crippen LogP contribution in [-0.2, 0) is 11.2 Å². The molecule has 5 heteroatoms. The van der Waals surface area contributed by atoms with Crippen molar-refractivity contribution in [3.8, 4) is 0 Å². The molecule has 0 saturated heterocycles. The van der Waals surface area contributed by atoms with Gasteiger partial charge in [-0.2, -0.15) is 0 Å². The third-order valence-corrected chi connectivity index (χ3v) is 4.55. The number of hydrogen-bond donors (Lipinski definition) is 3. The average Bonchev–Trinajstić information content (AvgIpc) is 2.60. The van der Waals surface area contributed by atoms with Crippen LogP contribution in [0.25, 0.3) is 0 Å². The standard InChI is InChI=1S/C18H26N2O3/c1-19-18(23)14-7-4-5-13(11-14)9-10-17(22)20-16-8-3-2-6-15(16)12-21/h4-5,7,11,15-16,21H,2-3,6,8-10,12H2,1H3,(H,19,23)(H,20,22). The zero-order valence-electron chi connectivity index (χ0n) is 13.7. The number of carbonyl (C=O) groups excluding carboxylic acids is 2. The van der Waals surface area contributed by atoms with Crippen LogP contribution in [0.4, 0.5) is 0 Å². The van der Waals surface area contributed by atoms with Crippen molar-refractivity contribution in [3.63, 3.8) is 0 Å². The van der Waals surface area contributed by atoms with Crippen molar-refractivity contribution < 1.29 is 14.7 Å². The lowest BCUT2D eigenvalue weighted by molar-refractivity contribution is -0.122. The van der Waals surface area contributed by atoms with Gasteiger partial charge >= 0.3 is 0 Å². The van der Waals surface area contributed by atoms with Gasteiger partial charge in [-0.25, -0.2) is 0 Å². The summed E-state index contributed by atoms with van der Waals surface area (Å²) in [5.41, 5.74) is 1.58. The molecule has 1 aliphatic carbocycles. The molecule has 2 atom stereocenters. The van der Waals surface area contributed by atoms with Gasteiger partial charge in [0.15, 0.2) is 0 Å². The Labute approximate surface area is 137 Å². The number of hydrogen-bond acceptors (Lipinski definition) is 3. The van der Waals surface area contributed by atoms with Crippen LogP contribution >= 0.6 is 0 Å². The highest BCUT2D eigenvalue weighted by molar-refractivity contribution is 5.94. The van der Waals surface area contributed by atoms with Gasteiger partial charge in [0.05, 0.1) is 0 Å². The molecule has 0 bridgehead atoms. The summed E-state index contributed by atoms with van der Waals surface area (Å²) in [4.78, 5) is 23.8. The molecule has 2 rings (SSSR count). The highest BCUT2D eigenvalue weighted by atomic mass is 16.3. The first-order valence-corrected chi connectivity index (χ1v) is 8.35. The predicted octanol–water partition coefficient (Wildman–Crippen LogP) is 1.65. The van der Waals surface area contributed by atoms with Gasteiger partial charge < -0.3 is 15.7 Å². The SMILES string of the molecule is CNC(=O)c1cccc(CCC(=O)NC2CCCCC2CO)c1. The Balaban J connectivity index is 1.85. The van der Waals surface area contributed by atoms with Crippen LogP contribution in [0, 0.1) is 5.92 Å². The molecule has 0 aromatic heterocycles. The number of benzene rings is 1. The van der Waals surface area contributed by atoms with Crippen molar-refractivity contribution in [2.24, 2.45) is 5.92 Å². The average molecular weight is 318 g/mol. The largest absolute Gasteiger partial charge is 0.396 e. The zero-order valence-corrected chi connectivity index (χ0v) is 13.7. The number of aliphatic hydroxyl groups excluding tert-OH is 1. The molecule has 1 aromatic rings. The van der Waals surface area contributed by atoms with E-state index in [1.54, 1.807) is 13.1 Å². The van der Waals surface area contributed by atoms with Crippen LogP contribution in [0.1, 0.15) is 48.0 Å². The maximum atomic E-state index is 12.1. The highest BCUT2D eigenvalue weighted by Gasteiger charge is 2.25. The van der Waals surface area contributed by atoms with Crippen molar-refractivity contribution in [1.29, 1.82) is 0 Å². The molecule has 1 aliphatic rings. The number of rotatable bonds is 6. The molecule has 0 spiro atoms. The summed E-state index contributed by atoms with van der Waals surface area (Å²) in [6.45, 7) is 0.138. The summed E-state index contributed by atoms with van der Waals surface area (Å²) >= 11 is 0. The highest BCUT2D eigenvalue weighted by Crippen LogP contribution is 2.24. The second-order valence-corrected chi connectivity index (χ2v) is 6.18. The summed E-state index contributed by atoms with van der Waals surface area (Å²) in [6.07, 6.45) is 5.16. The summed E-state index contributed by atoms with van der Waals surface area (Å²) < 4.78 is 0. The van der Waals surface area contributed by atoms with Crippen molar-refractivity contribution in [1.82, 2.24) is 10.6 Å². The molecule has 3 N–H and O–H groups in total. The monoisotopic (exact) mass is 318 g/mol. The van der Waals surface area contributed by atoms with Gasteiger partial charge in [0.1, 0.15) is 0 Å². The van der Waals surface area contributed by atoms with Crippen molar-refractivity contribution in [2.75, 3.05) is 13.7 Å². The van der Waals surface area contributed by atoms with E-state index in [0.29, 0.717) is 18.4 Å². The number of nitrogens with one attached hydrogen (secondary N) is 2. The van der Waals surface area contributed by atoms with Crippen LogP contribution in [0.5, 0.6) is 0 Å². The van der Waals surface area contributed by atoms with E-state index in [2.05, 4.69) is 10.6 Å². The van der Waals surface area contributed by atoms with E-state index >= 15 is 0 Å². The fourth-order valence-corrected chi connectivity index (χ4v) is 3.17. The molecule has 126 valence electrons. The Morgan fingerprint density at radius 2 is 2.04 bits per heavy atom. The molecule has 2 amide bonds. The molecule has 1 saturated carbocycles. The van der Waals surface area contributed by atoms with Crippen molar-refractivity contribution in [3.05, 3.63) is 35.4 Å². The number of carbonyl (C=O) groups is 2. The van der Waals surface area contributed by atoms with E-state index in [-0.39, 0.29) is 30.4 Å². The van der Waals surface area contributed by atoms with Crippen LogP contribution in [0.3, 0.4) is 0 Å². The number of aryl methyl sites for hydroxylation is 1. The van der Waals surface area contributed by atoms with E-state index in [4.69, 9.17) is 0 Å². The number of amides is 2. The smallest absolute Gasteiger partial charge is 0.251 e. The van der Waals surface area contributed by atoms with Gasteiger partial charge in [0.25, 0.3) is 5.91 Å². The van der Waals surface area contributed by atoms with Crippen LogP contribution < -0.4 is 10.6 Å². The predicted molar refractivity (Wildman–Crippen MR) is 89.1 cm³/mol. The maximum Gasteiger partial charge on any atom is 0.251 e. The summed E-state index contributed by atoms with van der Waals surface area (Å²) in [5, 5.41) is 15.1. The van der Waals surface area contributed by atoms with E-state index < -0.39 is 0 Å². The quantitative estimate of drug-likeness (QED) is 0.746. The minimum atomic E-state index is -0.121. The van der Waals surface area contributed by atoms with Crippen LogP contribution in [0.15, 0.2) is 24.3 Å². The molecular weight excluding hydrogens is 292 g/mol. The van der Waals surface area contributed by atoms with Gasteiger partial charge in [-0.3, -0.25) is 9.59 Å². The first kappa shape index (κ1) is 17.5. The number of aliphatic hydroxyl groups is 1. The Kier molecular flexibility index (Phi) is 6.59. The van der Waals surface area contributed by atoms with Gasteiger partial charge in [-0.15, -0.1) is 0 Å². The molecule has 0 radical (unpaired) electrons. The van der Waals surface area contributed by atoms with Crippen molar-refractivity contribution >= 4 is 11.8 Å². The zero-order chi connectivity index (χ0) is 16.7. The minimum absolute atomic E-state index is 0.0145. The molecule has 0 heterocycles. The Hall–Kier alpha value is -1.88. The normalized spacial score (nSPS) is 20.8. The summed E-state index contributed by atoms with van der Waals surface area (Å²) in [6, 6.07) is 7.44. The molecule has 23 heavy (non-hydrogen) atoms. The fraction of sp³-hybridized carbons (Fsp3) is 0.556. The lowest BCUT2D eigenvalue weighted by Gasteiger charge is -2.30. The van der Waals surface area contributed by atoms with E-state index in [9.17, 15) is 14.7 Å². The van der Waals surface area contributed by atoms with Gasteiger partial charge in [0.2, 0.25) is 5.91 Å². The van der Waals surface area contributed by atoms with Gasteiger partial charge in [-0.1, -0.05) is 25.0 Å². The Bertz CT molecular complexity index is 545. The van der Waals surface area contributed by atoms with E-state index in [1.165, 1.54) is 0 Å². The topological polar surface area (TPSA) is 78.4 Å². The second-order valence-electron chi connectivity index (χ2n) is 6.18. The Morgan fingerprint density at radius 1 is 1.26 bits per heavy atom. The molecule has 1 aromatic carbocycles. The third-order valence-electron chi connectivity index (χ3n) is 4.55. The molecule has 5 nitrogen and oxygen atoms in total. The maximum absolute atomic E-state index is 12.1. The fourth-order valence-electron chi connectivity index (χ4n) is 3.17. The van der Waals surface area contributed by atoms with E-state index in [1.807, 2.05) is 18.2 Å². The van der Waals surface area contributed by atoms with Crippen LogP contribution in [-0.4, -0.2) is 36.6 Å². The summed E-state index contributed by atoms with van der Waals surface area (Å²) in [5.74, 6) is 0.0780. The van der Waals surface area contributed by atoms with Crippen LogP contribution in [0.2, 0.25) is 0 Å². The molecule has 2 unspecified atom stereocenters. The molecule has 0 aliphatic heterocycles. The lowest BCUT2D eigenvalue weighted by Crippen LogP contribution is -2.43. The third kappa shape index (κ3) is 5.06. The lowest BCUT2D eigenvalue weighted by atomic mass is 9.85. The summed E-state index contributed by atoms with van der Waals surface area (Å²) in [7, 11) is 1.60. The van der Waals surface area contributed by atoms with E-state index in [0.717, 1.165) is 31.2 Å². The molecular formula is C18H26N2O3. The van der Waals surface area contributed by atoms with Gasteiger partial charge in [0, 0.05) is 37.6 Å². The van der Waals surface area contributed by atoms with Gasteiger partial charge in [-0.05, 0) is 37.0 Å². The van der Waals surface area contributed by atoms with Crippen molar-refractivity contribution in [2.45, 2.75) is 44.6 Å². The Morgan fingerprint density at radius 3 is 2.78 bits per heavy atom. The second kappa shape index (κ2) is 8.67. The first-order valence-electron chi connectivity index (χ1n) is 8.35.